The number of carbonyl (C=O) groups excluding carboxylic acids is 2. The second-order valence-corrected chi connectivity index (χ2v) is 4.64. The van der Waals surface area contributed by atoms with Crippen LogP contribution in [0.1, 0.15) is 23.2 Å². The summed E-state index contributed by atoms with van der Waals surface area (Å²) in [6.07, 6.45) is 0.952. The van der Waals surface area contributed by atoms with Gasteiger partial charge in [-0.3, -0.25) is 9.59 Å². The Bertz CT molecular complexity index is 519. The van der Waals surface area contributed by atoms with Gasteiger partial charge in [0, 0.05) is 32.1 Å². The fourth-order valence-electron chi connectivity index (χ4n) is 2.09. The molecule has 0 radical (unpaired) electrons. The summed E-state index contributed by atoms with van der Waals surface area (Å²) in [4.78, 5) is 24.8. The third kappa shape index (κ3) is 3.01. The Balaban J connectivity index is 2.03. The molecule has 6 heteroatoms. The van der Waals surface area contributed by atoms with Crippen molar-refractivity contribution in [3.63, 3.8) is 0 Å². The number of likely N-dealkylation sites (tertiary alicyclic amines) is 1. The van der Waals surface area contributed by atoms with E-state index in [4.69, 9.17) is 0 Å². The van der Waals surface area contributed by atoms with E-state index in [1.54, 1.807) is 11.9 Å². The molecule has 0 saturated carbocycles. The highest BCUT2D eigenvalue weighted by Gasteiger charge is 2.25. The zero-order valence-corrected chi connectivity index (χ0v) is 10.5. The van der Waals surface area contributed by atoms with Crippen LogP contribution in [-0.4, -0.2) is 41.5 Å². The number of amides is 2. The number of phenolic OH excluding ortho intramolecular Hbond substituents is 1. The molecule has 0 aromatic heterocycles. The van der Waals surface area contributed by atoms with E-state index in [1.165, 1.54) is 6.07 Å². The van der Waals surface area contributed by atoms with Crippen LogP contribution in [-0.2, 0) is 4.79 Å². The number of phenols is 1. The molecule has 1 aliphatic rings. The summed E-state index contributed by atoms with van der Waals surface area (Å²) in [6, 6.07) is 3.09. The van der Waals surface area contributed by atoms with Crippen molar-refractivity contribution in [1.29, 1.82) is 0 Å². The van der Waals surface area contributed by atoms with Gasteiger partial charge in [0.2, 0.25) is 5.91 Å². The van der Waals surface area contributed by atoms with Crippen LogP contribution < -0.4 is 5.32 Å². The van der Waals surface area contributed by atoms with Crippen molar-refractivity contribution in [2.75, 3.05) is 13.6 Å². The van der Waals surface area contributed by atoms with Gasteiger partial charge in [0.1, 0.15) is 11.6 Å². The van der Waals surface area contributed by atoms with E-state index in [0.717, 1.165) is 12.1 Å². The first-order chi connectivity index (χ1) is 8.97. The van der Waals surface area contributed by atoms with E-state index >= 15 is 0 Å². The van der Waals surface area contributed by atoms with Gasteiger partial charge in [0.05, 0.1) is 5.56 Å². The molecule has 1 aliphatic heterocycles. The Kier molecular flexibility index (Phi) is 3.69. The number of rotatable bonds is 2. The van der Waals surface area contributed by atoms with E-state index in [2.05, 4.69) is 5.32 Å². The number of hydrogen-bond acceptors (Lipinski definition) is 3. The summed E-state index contributed by atoms with van der Waals surface area (Å²) in [5, 5.41) is 12.3. The molecule has 5 nitrogen and oxygen atoms in total. The molecule has 2 amide bonds. The molecule has 2 N–H and O–H groups in total. The molecular weight excluding hydrogens is 251 g/mol. The van der Waals surface area contributed by atoms with Crippen molar-refractivity contribution in [2.45, 2.75) is 18.9 Å². The van der Waals surface area contributed by atoms with E-state index in [0.29, 0.717) is 19.4 Å². The minimum Gasteiger partial charge on any atom is -0.507 e. The summed E-state index contributed by atoms with van der Waals surface area (Å²) in [5.74, 6) is -1.41. The topological polar surface area (TPSA) is 69.6 Å². The summed E-state index contributed by atoms with van der Waals surface area (Å²) in [5.41, 5.74) is 0.0287. The molecule has 1 atom stereocenters. The lowest BCUT2D eigenvalue weighted by atomic mass is 10.0. The lowest BCUT2D eigenvalue weighted by molar-refractivity contribution is -0.132. The Morgan fingerprint density at radius 1 is 1.53 bits per heavy atom. The van der Waals surface area contributed by atoms with Gasteiger partial charge < -0.3 is 15.3 Å². The third-order valence-electron chi connectivity index (χ3n) is 3.17. The van der Waals surface area contributed by atoms with Crippen LogP contribution >= 0.6 is 0 Å². The molecule has 1 unspecified atom stereocenters. The molecule has 19 heavy (non-hydrogen) atoms. The second kappa shape index (κ2) is 5.26. The molecule has 1 saturated heterocycles. The van der Waals surface area contributed by atoms with Gasteiger partial charge >= 0.3 is 0 Å². The quantitative estimate of drug-likeness (QED) is 0.835. The van der Waals surface area contributed by atoms with Gasteiger partial charge in [0.25, 0.3) is 5.91 Å². The van der Waals surface area contributed by atoms with Gasteiger partial charge in [-0.15, -0.1) is 0 Å². The average Bonchev–Trinajstić information content (AvgIpc) is 2.33. The van der Waals surface area contributed by atoms with Crippen molar-refractivity contribution < 1.29 is 19.1 Å². The fraction of sp³-hybridized carbons (Fsp3) is 0.385. The van der Waals surface area contributed by atoms with E-state index in [9.17, 15) is 19.1 Å². The van der Waals surface area contributed by atoms with Gasteiger partial charge in [-0.2, -0.15) is 0 Å². The van der Waals surface area contributed by atoms with Crippen LogP contribution in [0.25, 0.3) is 0 Å². The van der Waals surface area contributed by atoms with Crippen LogP contribution in [0.3, 0.4) is 0 Å². The fourth-order valence-corrected chi connectivity index (χ4v) is 2.09. The monoisotopic (exact) mass is 266 g/mol. The number of nitrogens with zero attached hydrogens (tertiary/aromatic N) is 1. The molecule has 1 fully saturated rings. The summed E-state index contributed by atoms with van der Waals surface area (Å²) < 4.78 is 12.8. The number of piperidine rings is 1. The van der Waals surface area contributed by atoms with Gasteiger partial charge in [-0.05, 0) is 18.6 Å². The van der Waals surface area contributed by atoms with Gasteiger partial charge in [-0.1, -0.05) is 0 Å². The molecule has 0 aliphatic carbocycles. The molecule has 0 spiro atoms. The first-order valence-electron chi connectivity index (χ1n) is 6.00. The predicted octanol–water partition coefficient (Wildman–Crippen LogP) is 0.882. The summed E-state index contributed by atoms with van der Waals surface area (Å²) >= 11 is 0. The highest BCUT2D eigenvalue weighted by atomic mass is 19.1. The van der Waals surface area contributed by atoms with Crippen molar-refractivity contribution in [1.82, 2.24) is 10.2 Å². The number of halogens is 1. The normalized spacial score (nSPS) is 19.4. The zero-order chi connectivity index (χ0) is 14.0. The minimum atomic E-state index is -0.600. The highest BCUT2D eigenvalue weighted by Crippen LogP contribution is 2.18. The van der Waals surface area contributed by atoms with E-state index in [-0.39, 0.29) is 17.5 Å². The van der Waals surface area contributed by atoms with Crippen LogP contribution in [0.5, 0.6) is 5.75 Å². The number of benzene rings is 1. The van der Waals surface area contributed by atoms with Crippen LogP contribution in [0.2, 0.25) is 0 Å². The van der Waals surface area contributed by atoms with Gasteiger partial charge in [-0.25, -0.2) is 4.39 Å². The lowest BCUT2D eigenvalue weighted by Crippen LogP contribution is -2.48. The number of likely N-dealkylation sites (N-methyl/N-ethyl adjacent to an activating group) is 1. The highest BCUT2D eigenvalue weighted by molar-refractivity contribution is 5.97. The second-order valence-electron chi connectivity index (χ2n) is 4.64. The molecule has 1 aromatic carbocycles. The number of nitrogens with one attached hydrogen (secondary N) is 1. The van der Waals surface area contributed by atoms with Crippen LogP contribution in [0.15, 0.2) is 18.2 Å². The van der Waals surface area contributed by atoms with E-state index < -0.39 is 17.5 Å². The molecule has 0 bridgehead atoms. The molecule has 1 aromatic rings. The number of carbonyl (C=O) groups is 2. The standard InChI is InChI=1S/C13H15FN2O3/c1-16-7-9(3-5-12(16)18)15-13(19)10-4-2-8(14)6-11(10)17/h2,4,6,9,17H,3,5,7H2,1H3,(H,15,19). The Morgan fingerprint density at radius 2 is 2.26 bits per heavy atom. The molecular formula is C13H15FN2O3. The maximum absolute atomic E-state index is 12.8. The SMILES string of the molecule is CN1CC(NC(=O)c2ccc(F)cc2O)CCC1=O. The van der Waals surface area contributed by atoms with Crippen molar-refractivity contribution in [3.8, 4) is 5.75 Å². The molecule has 1 heterocycles. The van der Waals surface area contributed by atoms with Crippen molar-refractivity contribution >= 4 is 11.8 Å². The van der Waals surface area contributed by atoms with Crippen LogP contribution in [0, 0.1) is 5.82 Å². The lowest BCUT2D eigenvalue weighted by Gasteiger charge is -2.30. The van der Waals surface area contributed by atoms with Crippen molar-refractivity contribution in [2.24, 2.45) is 0 Å². The maximum atomic E-state index is 12.8. The average molecular weight is 266 g/mol. The molecule has 102 valence electrons. The zero-order valence-electron chi connectivity index (χ0n) is 10.5. The largest absolute Gasteiger partial charge is 0.507 e. The first-order valence-corrected chi connectivity index (χ1v) is 6.00. The Morgan fingerprint density at radius 3 is 2.89 bits per heavy atom. The van der Waals surface area contributed by atoms with E-state index in [1.807, 2.05) is 0 Å². The summed E-state index contributed by atoms with van der Waals surface area (Å²) in [6.45, 7) is 0.437. The van der Waals surface area contributed by atoms with Crippen LogP contribution in [0.4, 0.5) is 4.39 Å². The maximum Gasteiger partial charge on any atom is 0.255 e. The first kappa shape index (κ1) is 13.3. The number of aromatic hydroxyl groups is 1. The van der Waals surface area contributed by atoms with Crippen molar-refractivity contribution in [3.05, 3.63) is 29.6 Å². The smallest absolute Gasteiger partial charge is 0.255 e. The Hall–Kier alpha value is -2.11. The minimum absolute atomic E-state index is 0.0287. The predicted molar refractivity (Wildman–Crippen MR) is 66.2 cm³/mol. The molecule has 2 rings (SSSR count). The Labute approximate surface area is 110 Å². The number of hydrogen-bond donors (Lipinski definition) is 2. The third-order valence-corrected chi connectivity index (χ3v) is 3.17. The van der Waals surface area contributed by atoms with Gasteiger partial charge in [0.15, 0.2) is 0 Å². The summed E-state index contributed by atoms with van der Waals surface area (Å²) in [7, 11) is 1.68.